The molecule has 28 heavy (non-hydrogen) atoms. The Hall–Kier alpha value is -2.31. The minimum absolute atomic E-state index is 0.0286. The molecule has 3 rings (SSSR count). The van der Waals surface area contributed by atoms with Gasteiger partial charge in [0.2, 0.25) is 0 Å². The summed E-state index contributed by atoms with van der Waals surface area (Å²) in [5.74, 6) is 0.354. The Morgan fingerprint density at radius 1 is 1.14 bits per heavy atom. The molecule has 1 heterocycles. The number of nitrogens with one attached hydrogen (secondary N) is 1. The molecule has 2 N–H and O–H groups in total. The van der Waals surface area contributed by atoms with Gasteiger partial charge in [-0.05, 0) is 54.9 Å². The highest BCUT2D eigenvalue weighted by Crippen LogP contribution is 2.30. The van der Waals surface area contributed by atoms with Crippen LogP contribution in [0.2, 0.25) is 0 Å². The third-order valence-electron chi connectivity index (χ3n) is 5.47. The summed E-state index contributed by atoms with van der Waals surface area (Å²) in [6.07, 6.45) is 0. The van der Waals surface area contributed by atoms with Gasteiger partial charge in [-0.15, -0.1) is 0 Å². The van der Waals surface area contributed by atoms with Gasteiger partial charge in [0, 0.05) is 44.5 Å². The van der Waals surface area contributed by atoms with Crippen LogP contribution in [-0.4, -0.2) is 49.8 Å². The second-order valence-corrected chi connectivity index (χ2v) is 7.23. The molecule has 0 amide bonds. The Bertz CT molecular complexity index is 791. The molecule has 2 aromatic rings. The lowest BCUT2D eigenvalue weighted by atomic mass is 10.0. The number of nitrogens with zero attached hydrogens (tertiary/aromatic N) is 2. The summed E-state index contributed by atoms with van der Waals surface area (Å²) < 4.78 is 19.1. The van der Waals surface area contributed by atoms with E-state index in [9.17, 15) is 9.50 Å². The highest BCUT2D eigenvalue weighted by molar-refractivity contribution is 5.55. The van der Waals surface area contributed by atoms with Crippen molar-refractivity contribution in [1.29, 1.82) is 0 Å². The SMILES string of the molecule is CCN1CCN(c2ccc(F)cc2C(C)NCc2ccc(OC)c(O)c2)CC1. The van der Waals surface area contributed by atoms with Gasteiger partial charge < -0.3 is 25.0 Å². The van der Waals surface area contributed by atoms with E-state index in [1.54, 1.807) is 24.3 Å². The molecule has 5 nitrogen and oxygen atoms in total. The molecule has 0 saturated carbocycles. The number of phenolic OH excluding ortho intramolecular Hbond substituents is 1. The molecule has 0 aliphatic carbocycles. The van der Waals surface area contributed by atoms with Gasteiger partial charge in [0.25, 0.3) is 0 Å². The van der Waals surface area contributed by atoms with Crippen molar-refractivity contribution in [2.24, 2.45) is 0 Å². The van der Waals surface area contributed by atoms with Gasteiger partial charge in [0.15, 0.2) is 11.5 Å². The van der Waals surface area contributed by atoms with E-state index in [-0.39, 0.29) is 17.6 Å². The molecule has 1 saturated heterocycles. The fourth-order valence-electron chi connectivity index (χ4n) is 3.69. The Labute approximate surface area is 166 Å². The number of anilines is 1. The van der Waals surface area contributed by atoms with Gasteiger partial charge in [-0.2, -0.15) is 0 Å². The first-order valence-corrected chi connectivity index (χ1v) is 9.87. The average molecular weight is 387 g/mol. The highest BCUT2D eigenvalue weighted by Gasteiger charge is 2.21. The Morgan fingerprint density at radius 2 is 1.89 bits per heavy atom. The zero-order chi connectivity index (χ0) is 20.1. The number of halogens is 1. The smallest absolute Gasteiger partial charge is 0.160 e. The van der Waals surface area contributed by atoms with Crippen LogP contribution in [0, 0.1) is 5.82 Å². The lowest BCUT2D eigenvalue weighted by Gasteiger charge is -2.37. The van der Waals surface area contributed by atoms with E-state index in [4.69, 9.17) is 4.74 Å². The monoisotopic (exact) mass is 387 g/mol. The molecular weight excluding hydrogens is 357 g/mol. The molecular formula is C22H30FN3O2. The topological polar surface area (TPSA) is 48.0 Å². The van der Waals surface area contributed by atoms with Crippen molar-refractivity contribution in [2.45, 2.75) is 26.4 Å². The van der Waals surface area contributed by atoms with Crippen LogP contribution in [0.15, 0.2) is 36.4 Å². The number of hydrogen-bond donors (Lipinski definition) is 2. The lowest BCUT2D eigenvalue weighted by molar-refractivity contribution is 0.271. The van der Waals surface area contributed by atoms with Crippen molar-refractivity contribution in [3.8, 4) is 11.5 Å². The molecule has 1 aliphatic rings. The van der Waals surface area contributed by atoms with Gasteiger partial charge in [-0.1, -0.05) is 13.0 Å². The quantitative estimate of drug-likeness (QED) is 0.761. The summed E-state index contributed by atoms with van der Waals surface area (Å²) in [4.78, 5) is 4.77. The summed E-state index contributed by atoms with van der Waals surface area (Å²) in [7, 11) is 1.53. The predicted molar refractivity (Wildman–Crippen MR) is 111 cm³/mol. The van der Waals surface area contributed by atoms with Crippen LogP contribution in [0.4, 0.5) is 10.1 Å². The van der Waals surface area contributed by atoms with Crippen LogP contribution in [0.1, 0.15) is 31.0 Å². The minimum Gasteiger partial charge on any atom is -0.504 e. The summed E-state index contributed by atoms with van der Waals surface area (Å²) in [5.41, 5.74) is 3.00. The number of likely N-dealkylation sites (N-methyl/N-ethyl adjacent to an activating group) is 1. The Kier molecular flexibility index (Phi) is 6.75. The van der Waals surface area contributed by atoms with Crippen LogP contribution in [0.5, 0.6) is 11.5 Å². The Balaban J connectivity index is 1.71. The van der Waals surface area contributed by atoms with Gasteiger partial charge in [-0.3, -0.25) is 0 Å². The zero-order valence-electron chi connectivity index (χ0n) is 16.9. The predicted octanol–water partition coefficient (Wildman–Crippen LogP) is 3.53. The number of methoxy groups -OCH3 is 1. The molecule has 2 aromatic carbocycles. The molecule has 0 bridgehead atoms. The molecule has 0 spiro atoms. The molecule has 6 heteroatoms. The molecule has 1 unspecified atom stereocenters. The average Bonchev–Trinajstić information content (AvgIpc) is 2.72. The largest absolute Gasteiger partial charge is 0.504 e. The maximum atomic E-state index is 14.0. The number of aromatic hydroxyl groups is 1. The van der Waals surface area contributed by atoms with E-state index in [1.165, 1.54) is 7.11 Å². The van der Waals surface area contributed by atoms with Crippen molar-refractivity contribution in [1.82, 2.24) is 10.2 Å². The van der Waals surface area contributed by atoms with Gasteiger partial charge in [-0.25, -0.2) is 4.39 Å². The third kappa shape index (κ3) is 4.75. The lowest BCUT2D eigenvalue weighted by Crippen LogP contribution is -2.46. The van der Waals surface area contributed by atoms with Crippen LogP contribution in [0.25, 0.3) is 0 Å². The first kappa shape index (κ1) is 20.4. The second-order valence-electron chi connectivity index (χ2n) is 7.23. The van der Waals surface area contributed by atoms with Crippen LogP contribution < -0.4 is 15.0 Å². The van der Waals surface area contributed by atoms with E-state index in [2.05, 4.69) is 22.0 Å². The normalized spacial score (nSPS) is 16.2. The van der Waals surface area contributed by atoms with E-state index in [0.717, 1.165) is 49.5 Å². The van der Waals surface area contributed by atoms with Crippen molar-refractivity contribution in [3.63, 3.8) is 0 Å². The highest BCUT2D eigenvalue weighted by atomic mass is 19.1. The van der Waals surface area contributed by atoms with Crippen molar-refractivity contribution in [3.05, 3.63) is 53.3 Å². The van der Waals surface area contributed by atoms with E-state index in [0.29, 0.717) is 12.3 Å². The number of benzene rings is 2. The third-order valence-corrected chi connectivity index (χ3v) is 5.47. The zero-order valence-corrected chi connectivity index (χ0v) is 16.9. The molecule has 152 valence electrons. The summed E-state index contributed by atoms with van der Waals surface area (Å²) in [6.45, 7) is 9.82. The fourth-order valence-corrected chi connectivity index (χ4v) is 3.69. The molecule has 0 radical (unpaired) electrons. The number of rotatable bonds is 7. The molecule has 0 aromatic heterocycles. The maximum Gasteiger partial charge on any atom is 0.160 e. The van der Waals surface area contributed by atoms with Crippen molar-refractivity contribution >= 4 is 5.69 Å². The van der Waals surface area contributed by atoms with Crippen molar-refractivity contribution < 1.29 is 14.2 Å². The van der Waals surface area contributed by atoms with Gasteiger partial charge in [0.1, 0.15) is 5.82 Å². The van der Waals surface area contributed by atoms with E-state index >= 15 is 0 Å². The summed E-state index contributed by atoms with van der Waals surface area (Å²) in [5, 5.41) is 13.4. The van der Waals surface area contributed by atoms with Crippen LogP contribution in [0.3, 0.4) is 0 Å². The summed E-state index contributed by atoms with van der Waals surface area (Å²) in [6, 6.07) is 10.4. The molecule has 1 atom stereocenters. The Morgan fingerprint density at radius 3 is 2.54 bits per heavy atom. The first-order valence-electron chi connectivity index (χ1n) is 9.87. The van der Waals surface area contributed by atoms with Gasteiger partial charge >= 0.3 is 0 Å². The number of hydrogen-bond acceptors (Lipinski definition) is 5. The molecule has 1 fully saturated rings. The van der Waals surface area contributed by atoms with Crippen LogP contribution in [-0.2, 0) is 6.54 Å². The second kappa shape index (κ2) is 9.26. The minimum atomic E-state index is -0.221. The number of piperazine rings is 1. The van der Waals surface area contributed by atoms with Crippen LogP contribution >= 0.6 is 0 Å². The fraction of sp³-hybridized carbons (Fsp3) is 0.455. The van der Waals surface area contributed by atoms with Gasteiger partial charge in [0.05, 0.1) is 7.11 Å². The first-order chi connectivity index (χ1) is 13.5. The number of phenols is 1. The maximum absolute atomic E-state index is 14.0. The van der Waals surface area contributed by atoms with Crippen molar-refractivity contribution in [2.75, 3.05) is 44.7 Å². The number of ether oxygens (including phenoxy) is 1. The standard InChI is InChI=1S/C22H30FN3O2/c1-4-25-9-11-26(12-10-25)20-7-6-18(23)14-19(20)16(2)24-15-17-5-8-22(28-3)21(27)13-17/h5-8,13-14,16,24,27H,4,9-12,15H2,1-3H3. The molecule has 1 aliphatic heterocycles. The summed E-state index contributed by atoms with van der Waals surface area (Å²) >= 11 is 0. The van der Waals surface area contributed by atoms with E-state index in [1.807, 2.05) is 19.1 Å². The van der Waals surface area contributed by atoms with E-state index < -0.39 is 0 Å².